The van der Waals surface area contributed by atoms with Gasteiger partial charge in [0.2, 0.25) is 11.8 Å². The van der Waals surface area contributed by atoms with Crippen molar-refractivity contribution in [3.05, 3.63) is 80.3 Å². The quantitative estimate of drug-likeness (QED) is 0.531. The third-order valence-electron chi connectivity index (χ3n) is 4.95. The van der Waals surface area contributed by atoms with E-state index in [1.165, 1.54) is 0 Å². The number of aromatic hydroxyl groups is 1. The number of rotatable bonds is 7. The third kappa shape index (κ3) is 4.65. The SMILES string of the molecule is O=C(Cn1c(O)c(/C=C2\C=Nc3ccccc32)sc1=O)NC(CO)Cc1ccccc1. The monoisotopic (exact) mass is 435 g/mol. The highest BCUT2D eigenvalue weighted by atomic mass is 32.1. The van der Waals surface area contributed by atoms with Crippen LogP contribution in [0.25, 0.3) is 11.6 Å². The molecular formula is C23H21N3O4S. The maximum atomic E-state index is 12.5. The first-order chi connectivity index (χ1) is 15.0. The Balaban J connectivity index is 1.48. The van der Waals surface area contributed by atoms with E-state index in [1.54, 1.807) is 12.3 Å². The van der Waals surface area contributed by atoms with Crippen molar-refractivity contribution in [3.63, 3.8) is 0 Å². The van der Waals surface area contributed by atoms with E-state index in [-0.39, 0.29) is 19.0 Å². The van der Waals surface area contributed by atoms with Crippen molar-refractivity contribution in [1.82, 2.24) is 9.88 Å². The molecule has 0 aliphatic carbocycles. The van der Waals surface area contributed by atoms with Gasteiger partial charge in [0.25, 0.3) is 0 Å². The molecule has 3 N–H and O–H groups in total. The Morgan fingerprint density at radius 2 is 1.90 bits per heavy atom. The number of amides is 1. The molecule has 1 aliphatic heterocycles. The zero-order chi connectivity index (χ0) is 21.8. The second kappa shape index (κ2) is 9.11. The lowest BCUT2D eigenvalue weighted by Gasteiger charge is -2.16. The van der Waals surface area contributed by atoms with E-state index in [9.17, 15) is 19.8 Å². The normalized spacial score (nSPS) is 14.5. The van der Waals surface area contributed by atoms with Crippen LogP contribution in [0.3, 0.4) is 0 Å². The molecule has 1 unspecified atom stereocenters. The molecule has 0 fully saturated rings. The van der Waals surface area contributed by atoms with Crippen molar-refractivity contribution < 1.29 is 15.0 Å². The molecule has 4 rings (SSSR count). The fraction of sp³-hybridized carbons (Fsp3) is 0.174. The number of nitrogens with one attached hydrogen (secondary N) is 1. The molecule has 1 atom stereocenters. The minimum atomic E-state index is -0.487. The number of thiazole rings is 1. The predicted molar refractivity (Wildman–Crippen MR) is 122 cm³/mol. The molecule has 3 aromatic rings. The Labute approximate surface area is 182 Å². The van der Waals surface area contributed by atoms with Gasteiger partial charge in [-0.1, -0.05) is 59.9 Å². The number of hydrogen-bond acceptors (Lipinski definition) is 6. The van der Waals surface area contributed by atoms with E-state index in [1.807, 2.05) is 54.6 Å². The largest absolute Gasteiger partial charge is 0.493 e. The van der Waals surface area contributed by atoms with Crippen molar-refractivity contribution in [1.29, 1.82) is 0 Å². The Hall–Kier alpha value is -3.49. The number of aliphatic hydroxyl groups excluding tert-OH is 1. The van der Waals surface area contributed by atoms with Crippen molar-refractivity contribution in [2.24, 2.45) is 4.99 Å². The Bertz CT molecular complexity index is 1210. The van der Waals surface area contributed by atoms with Crippen LogP contribution in [-0.4, -0.2) is 39.6 Å². The van der Waals surface area contributed by atoms with E-state index in [0.717, 1.165) is 38.3 Å². The van der Waals surface area contributed by atoms with Gasteiger partial charge < -0.3 is 15.5 Å². The number of carbonyl (C=O) groups excluding carboxylic acids is 1. The second-order valence-corrected chi connectivity index (χ2v) is 8.15. The minimum Gasteiger partial charge on any atom is -0.493 e. The summed E-state index contributed by atoms with van der Waals surface area (Å²) in [7, 11) is 0. The van der Waals surface area contributed by atoms with Crippen LogP contribution in [-0.2, 0) is 17.8 Å². The van der Waals surface area contributed by atoms with E-state index in [4.69, 9.17) is 0 Å². The fourth-order valence-electron chi connectivity index (χ4n) is 3.42. The molecule has 0 saturated carbocycles. The van der Waals surface area contributed by atoms with E-state index in [2.05, 4.69) is 10.3 Å². The van der Waals surface area contributed by atoms with Gasteiger partial charge in [0, 0.05) is 17.4 Å². The first-order valence-electron chi connectivity index (χ1n) is 9.77. The second-order valence-electron chi connectivity index (χ2n) is 7.15. The summed E-state index contributed by atoms with van der Waals surface area (Å²) in [5.74, 6) is -0.726. The van der Waals surface area contributed by atoms with Crippen LogP contribution in [0.15, 0.2) is 64.4 Å². The summed E-state index contributed by atoms with van der Waals surface area (Å²) in [5.41, 5.74) is 3.50. The molecule has 7 nitrogen and oxygen atoms in total. The average Bonchev–Trinajstić information content (AvgIpc) is 3.30. The Kier molecular flexibility index (Phi) is 6.11. The number of hydrogen-bond donors (Lipinski definition) is 3. The lowest BCUT2D eigenvalue weighted by molar-refractivity contribution is -0.122. The summed E-state index contributed by atoms with van der Waals surface area (Å²) in [6.45, 7) is -0.568. The number of benzene rings is 2. The zero-order valence-corrected chi connectivity index (χ0v) is 17.4. The molecule has 31 heavy (non-hydrogen) atoms. The maximum absolute atomic E-state index is 12.5. The van der Waals surface area contributed by atoms with Crippen molar-refractivity contribution in [2.45, 2.75) is 19.0 Å². The van der Waals surface area contributed by atoms with Crippen molar-refractivity contribution >= 4 is 40.8 Å². The van der Waals surface area contributed by atoms with E-state index in [0.29, 0.717) is 11.3 Å². The van der Waals surface area contributed by atoms with Gasteiger partial charge in [-0.15, -0.1) is 0 Å². The maximum Gasteiger partial charge on any atom is 0.311 e. The minimum absolute atomic E-state index is 0.235. The number of para-hydroxylation sites is 1. The molecule has 2 aromatic carbocycles. The highest BCUT2D eigenvalue weighted by Gasteiger charge is 2.19. The number of carbonyl (C=O) groups is 1. The lowest BCUT2D eigenvalue weighted by Crippen LogP contribution is -2.41. The van der Waals surface area contributed by atoms with Gasteiger partial charge >= 0.3 is 4.87 Å². The van der Waals surface area contributed by atoms with Crippen LogP contribution in [0.1, 0.15) is 16.0 Å². The first-order valence-corrected chi connectivity index (χ1v) is 10.6. The molecule has 0 spiro atoms. The number of fused-ring (bicyclic) bond motifs is 1. The van der Waals surface area contributed by atoms with Crippen LogP contribution >= 0.6 is 11.3 Å². The summed E-state index contributed by atoms with van der Waals surface area (Å²) in [6, 6.07) is 16.6. The van der Waals surface area contributed by atoms with Crippen LogP contribution in [0.2, 0.25) is 0 Å². The van der Waals surface area contributed by atoms with Crippen molar-refractivity contribution in [2.75, 3.05) is 6.61 Å². The predicted octanol–water partition coefficient (Wildman–Crippen LogP) is 2.59. The number of aromatic nitrogens is 1. The van der Waals surface area contributed by atoms with Crippen LogP contribution in [0.4, 0.5) is 5.69 Å². The van der Waals surface area contributed by atoms with Crippen LogP contribution in [0.5, 0.6) is 5.88 Å². The van der Waals surface area contributed by atoms with Gasteiger partial charge in [0.05, 0.1) is 23.2 Å². The topological polar surface area (TPSA) is 104 Å². The van der Waals surface area contributed by atoms with Gasteiger partial charge in [0.15, 0.2) is 0 Å². The standard InChI is InChI=1S/C23H21N3O4S/c27-14-17(10-15-6-2-1-3-7-15)25-21(28)13-26-22(29)20(31-23(26)30)11-16-12-24-19-9-5-4-8-18(16)19/h1-9,11-12,17,27,29H,10,13-14H2,(H,25,28)/b16-11+. The van der Waals surface area contributed by atoms with Crippen LogP contribution < -0.4 is 10.2 Å². The summed E-state index contributed by atoms with van der Waals surface area (Å²) < 4.78 is 1.03. The molecule has 158 valence electrons. The molecule has 0 radical (unpaired) electrons. The number of nitrogens with zero attached hydrogens (tertiary/aromatic N) is 2. The third-order valence-corrected chi connectivity index (χ3v) is 5.87. The smallest absolute Gasteiger partial charge is 0.311 e. The van der Waals surface area contributed by atoms with Gasteiger partial charge in [0.1, 0.15) is 6.54 Å². The molecule has 1 aliphatic rings. The number of aliphatic imine (C=N–C) groups is 1. The average molecular weight is 436 g/mol. The van der Waals surface area contributed by atoms with E-state index >= 15 is 0 Å². The lowest BCUT2D eigenvalue weighted by atomic mass is 10.1. The summed E-state index contributed by atoms with van der Waals surface area (Å²) in [4.78, 5) is 29.1. The van der Waals surface area contributed by atoms with Gasteiger partial charge in [-0.3, -0.25) is 19.1 Å². The number of aliphatic hydroxyl groups is 1. The Morgan fingerprint density at radius 3 is 2.68 bits per heavy atom. The summed E-state index contributed by atoms with van der Waals surface area (Å²) in [5, 5.41) is 22.9. The molecule has 1 amide bonds. The fourth-order valence-corrected chi connectivity index (χ4v) is 4.26. The van der Waals surface area contributed by atoms with Crippen LogP contribution in [0, 0.1) is 0 Å². The van der Waals surface area contributed by atoms with Gasteiger partial charge in [-0.2, -0.15) is 0 Å². The summed E-state index contributed by atoms with van der Waals surface area (Å²) >= 11 is 0.862. The van der Waals surface area contributed by atoms with E-state index < -0.39 is 16.8 Å². The first kappa shape index (κ1) is 20.8. The van der Waals surface area contributed by atoms with Gasteiger partial charge in [-0.25, -0.2) is 0 Å². The summed E-state index contributed by atoms with van der Waals surface area (Å²) in [6.07, 6.45) is 3.83. The highest BCUT2D eigenvalue weighted by molar-refractivity contribution is 7.10. The molecule has 1 aromatic heterocycles. The zero-order valence-electron chi connectivity index (χ0n) is 16.6. The van der Waals surface area contributed by atoms with Gasteiger partial charge in [-0.05, 0) is 24.1 Å². The Morgan fingerprint density at radius 1 is 1.16 bits per heavy atom. The molecular weight excluding hydrogens is 414 g/mol. The van der Waals surface area contributed by atoms with Crippen molar-refractivity contribution in [3.8, 4) is 5.88 Å². The molecule has 8 heteroatoms. The number of allylic oxidation sites excluding steroid dienone is 1. The molecule has 0 bridgehead atoms. The molecule has 2 heterocycles. The molecule has 0 saturated heterocycles. The highest BCUT2D eigenvalue weighted by Crippen LogP contribution is 2.34.